The van der Waals surface area contributed by atoms with Gasteiger partial charge in [-0.15, -0.1) is 0 Å². The van der Waals surface area contributed by atoms with Crippen molar-refractivity contribution in [2.75, 3.05) is 34.6 Å². The van der Waals surface area contributed by atoms with Gasteiger partial charge >= 0.3 is 0 Å². The van der Waals surface area contributed by atoms with Crippen molar-refractivity contribution in [1.29, 1.82) is 0 Å². The molecule has 3 aliphatic rings. The van der Waals surface area contributed by atoms with Crippen molar-refractivity contribution in [3.05, 3.63) is 40.1 Å². The van der Waals surface area contributed by atoms with Crippen molar-refractivity contribution < 1.29 is 23.6 Å². The maximum Gasteiger partial charge on any atom is 0.231 e. The molecule has 2 aromatic carbocycles. The second kappa shape index (κ2) is 5.28. The molecule has 0 fully saturated rings. The minimum absolute atomic E-state index is 0.145. The predicted molar refractivity (Wildman–Crippen MR) is 95.7 cm³/mol. The molecule has 136 valence electrons. The molecule has 6 heteroatoms. The second-order valence-electron chi connectivity index (χ2n) is 7.29. The minimum atomic E-state index is -0.270. The van der Waals surface area contributed by atoms with E-state index >= 15 is 0 Å². The minimum Gasteiger partial charge on any atom is -0.633 e. The first-order valence-corrected chi connectivity index (χ1v) is 8.80. The zero-order chi connectivity index (χ0) is 18.1. The highest BCUT2D eigenvalue weighted by molar-refractivity contribution is 5.85. The van der Waals surface area contributed by atoms with E-state index < -0.39 is 0 Å². The lowest BCUT2D eigenvalue weighted by molar-refractivity contribution is -0.894. The molecule has 1 aliphatic carbocycles. The summed E-state index contributed by atoms with van der Waals surface area (Å²) in [5, 5.41) is 13.2. The van der Waals surface area contributed by atoms with Gasteiger partial charge in [0.2, 0.25) is 6.79 Å². The molecular formula is C20H21NO5. The van der Waals surface area contributed by atoms with E-state index in [4.69, 9.17) is 18.9 Å². The number of ether oxygens (including phenoxy) is 4. The van der Waals surface area contributed by atoms with Crippen molar-refractivity contribution in [2.24, 2.45) is 0 Å². The number of nitrogens with zero attached hydrogens (tertiary/aromatic N) is 1. The van der Waals surface area contributed by atoms with Crippen LogP contribution in [0.25, 0.3) is 11.1 Å². The first-order chi connectivity index (χ1) is 12.5. The van der Waals surface area contributed by atoms with Crippen LogP contribution < -0.4 is 18.9 Å². The molecule has 0 spiro atoms. The van der Waals surface area contributed by atoms with Crippen LogP contribution in [0.1, 0.15) is 22.7 Å². The highest BCUT2D eigenvalue weighted by Gasteiger charge is 2.42. The van der Waals surface area contributed by atoms with Gasteiger partial charge in [-0.05, 0) is 34.9 Å². The van der Waals surface area contributed by atoms with Gasteiger partial charge in [0, 0.05) is 24.0 Å². The molecule has 6 nitrogen and oxygen atoms in total. The molecule has 26 heavy (non-hydrogen) atoms. The number of rotatable bonds is 2. The van der Waals surface area contributed by atoms with Crippen molar-refractivity contribution in [2.45, 2.75) is 18.9 Å². The lowest BCUT2D eigenvalue weighted by atomic mass is 9.76. The third kappa shape index (κ3) is 2.00. The van der Waals surface area contributed by atoms with Gasteiger partial charge in [0.05, 0.1) is 27.8 Å². The Hall–Kier alpha value is -2.44. The van der Waals surface area contributed by atoms with Crippen molar-refractivity contribution in [3.63, 3.8) is 0 Å². The largest absolute Gasteiger partial charge is 0.633 e. The van der Waals surface area contributed by atoms with Crippen molar-refractivity contribution in [1.82, 2.24) is 0 Å². The fourth-order valence-electron chi connectivity index (χ4n) is 4.56. The normalized spacial score (nSPS) is 24.7. The smallest absolute Gasteiger partial charge is 0.231 e. The molecule has 0 bridgehead atoms. The van der Waals surface area contributed by atoms with Crippen LogP contribution in [0.15, 0.2) is 18.2 Å². The molecule has 2 aliphatic heterocycles. The van der Waals surface area contributed by atoms with Crippen LogP contribution in [0.2, 0.25) is 0 Å². The lowest BCUT2D eigenvalue weighted by Gasteiger charge is -2.51. The number of hydrogen-bond acceptors (Lipinski definition) is 5. The maximum absolute atomic E-state index is 13.2. The Balaban J connectivity index is 1.85. The Morgan fingerprint density at radius 1 is 1.08 bits per heavy atom. The number of likely N-dealkylation sites (N-methyl/N-ethyl adjacent to an activating group) is 1. The molecule has 0 N–H and O–H groups in total. The van der Waals surface area contributed by atoms with Crippen LogP contribution in [0.5, 0.6) is 23.0 Å². The third-order valence-corrected chi connectivity index (χ3v) is 5.90. The van der Waals surface area contributed by atoms with E-state index in [0.717, 1.165) is 40.2 Å². The quantitative estimate of drug-likeness (QED) is 0.612. The molecular weight excluding hydrogens is 334 g/mol. The Kier molecular flexibility index (Phi) is 3.21. The fraction of sp³-hybridized carbons (Fsp3) is 0.400. The van der Waals surface area contributed by atoms with Gasteiger partial charge < -0.3 is 28.8 Å². The molecule has 1 unspecified atom stereocenters. The zero-order valence-electron chi connectivity index (χ0n) is 15.1. The average molecular weight is 355 g/mol. The summed E-state index contributed by atoms with van der Waals surface area (Å²) in [6.45, 7) is 0.779. The molecule has 5 rings (SSSR count). The highest BCUT2D eigenvalue weighted by Crippen LogP contribution is 2.56. The van der Waals surface area contributed by atoms with E-state index in [1.54, 1.807) is 21.3 Å². The summed E-state index contributed by atoms with van der Waals surface area (Å²) in [4.78, 5) is 0. The third-order valence-electron chi connectivity index (χ3n) is 5.90. The topological polar surface area (TPSA) is 60.0 Å². The number of methoxy groups -OCH3 is 2. The Labute approximate surface area is 152 Å². The molecule has 0 radical (unpaired) electrons. The van der Waals surface area contributed by atoms with Gasteiger partial charge in [0.15, 0.2) is 23.0 Å². The Morgan fingerprint density at radius 2 is 1.85 bits per heavy atom. The van der Waals surface area contributed by atoms with Crippen LogP contribution >= 0.6 is 0 Å². The summed E-state index contributed by atoms with van der Waals surface area (Å²) in [5.74, 6) is 2.85. The summed E-state index contributed by atoms with van der Waals surface area (Å²) in [5.41, 5.74) is 5.41. The molecule has 0 saturated heterocycles. The molecule has 2 aromatic rings. The van der Waals surface area contributed by atoms with Crippen molar-refractivity contribution >= 4 is 0 Å². The summed E-state index contributed by atoms with van der Waals surface area (Å²) in [6, 6.07) is 5.89. The number of quaternary nitrogens is 1. The van der Waals surface area contributed by atoms with Gasteiger partial charge in [-0.2, -0.15) is 0 Å². The summed E-state index contributed by atoms with van der Waals surface area (Å²) in [6.07, 6.45) is 1.42. The summed E-state index contributed by atoms with van der Waals surface area (Å²) >= 11 is 0. The predicted octanol–water partition coefficient (Wildman–Crippen LogP) is 3.20. The molecule has 2 heterocycles. The van der Waals surface area contributed by atoms with Crippen LogP contribution in [0.4, 0.5) is 0 Å². The number of hydrogen-bond donors (Lipinski definition) is 0. The van der Waals surface area contributed by atoms with Gasteiger partial charge in [-0.3, -0.25) is 0 Å². The van der Waals surface area contributed by atoms with Gasteiger partial charge in [0.1, 0.15) is 6.04 Å². The van der Waals surface area contributed by atoms with E-state index in [0.29, 0.717) is 24.5 Å². The SMILES string of the molecule is COc1cc2c(cc1OC)-c1c3c(cc4c1[C@@H](C2)[N+](C)([O-])CC4)OCO3. The molecule has 0 aromatic heterocycles. The van der Waals surface area contributed by atoms with Crippen LogP contribution in [0.3, 0.4) is 0 Å². The molecule has 2 atom stereocenters. The van der Waals surface area contributed by atoms with E-state index in [1.165, 1.54) is 5.56 Å². The monoisotopic (exact) mass is 355 g/mol. The zero-order valence-corrected chi connectivity index (χ0v) is 15.1. The van der Waals surface area contributed by atoms with E-state index in [9.17, 15) is 5.21 Å². The van der Waals surface area contributed by atoms with E-state index in [1.807, 2.05) is 12.1 Å². The maximum atomic E-state index is 13.2. The summed E-state index contributed by atoms with van der Waals surface area (Å²) in [7, 11) is 5.03. The number of fused-ring (bicyclic) bond motifs is 4. The van der Waals surface area contributed by atoms with Crippen LogP contribution in [-0.2, 0) is 12.8 Å². The lowest BCUT2D eigenvalue weighted by Crippen LogP contribution is -2.48. The molecule has 0 saturated carbocycles. The van der Waals surface area contributed by atoms with Gasteiger partial charge in [0.25, 0.3) is 0 Å². The molecule has 0 amide bonds. The highest BCUT2D eigenvalue weighted by atomic mass is 16.7. The van der Waals surface area contributed by atoms with Crippen molar-refractivity contribution in [3.8, 4) is 34.1 Å². The Bertz CT molecular complexity index is 921. The van der Waals surface area contributed by atoms with E-state index in [2.05, 4.69) is 6.07 Å². The first-order valence-electron chi connectivity index (χ1n) is 8.80. The Morgan fingerprint density at radius 3 is 2.62 bits per heavy atom. The number of benzene rings is 2. The van der Waals surface area contributed by atoms with Gasteiger partial charge in [-0.25, -0.2) is 0 Å². The summed E-state index contributed by atoms with van der Waals surface area (Å²) < 4.78 is 22.2. The van der Waals surface area contributed by atoms with E-state index in [-0.39, 0.29) is 17.5 Å². The fourth-order valence-corrected chi connectivity index (χ4v) is 4.56. The first kappa shape index (κ1) is 15.8. The van der Waals surface area contributed by atoms with Crippen LogP contribution in [0, 0.1) is 5.21 Å². The van der Waals surface area contributed by atoms with Crippen LogP contribution in [-0.4, -0.2) is 39.3 Å². The van der Waals surface area contributed by atoms with Gasteiger partial charge in [-0.1, -0.05) is 0 Å². The second-order valence-corrected chi connectivity index (χ2v) is 7.29. The average Bonchev–Trinajstić information content (AvgIpc) is 3.11. The standard InChI is InChI=1S/C20H21NO5/c1-21(22)5-4-11-7-17-20(26-10-25-17)19-13-9-16(24-3)15(23-2)8-12(13)6-14(21)18(11)19/h7-9,14H,4-6,10H2,1-3H3/t14-,21?/m1/s1. The number of hydroxylamine groups is 3.